The third kappa shape index (κ3) is 4.86. The van der Waals surface area contributed by atoms with Gasteiger partial charge in [0.25, 0.3) is 5.91 Å². The van der Waals surface area contributed by atoms with Gasteiger partial charge in [0.2, 0.25) is 5.88 Å². The Bertz CT molecular complexity index is 664. The van der Waals surface area contributed by atoms with E-state index in [9.17, 15) is 4.79 Å². The highest BCUT2D eigenvalue weighted by Crippen LogP contribution is 2.24. The Morgan fingerprint density at radius 1 is 1.30 bits per heavy atom. The number of benzene rings is 1. The number of aromatic nitrogens is 1. The van der Waals surface area contributed by atoms with Gasteiger partial charge >= 0.3 is 0 Å². The van der Waals surface area contributed by atoms with Gasteiger partial charge in [-0.3, -0.25) is 4.79 Å². The standard InChI is InChI=1S/C17H19ClN2O3/c1-3-22-17-13(7-6-10-19-17)11-20-16(21)12(2)23-15-9-5-4-8-14(15)18/h4-10,12H,3,11H2,1-2H3,(H,20,21). The smallest absolute Gasteiger partial charge is 0.261 e. The van der Waals surface area contributed by atoms with Crippen molar-refractivity contribution in [1.82, 2.24) is 10.3 Å². The van der Waals surface area contributed by atoms with Crippen LogP contribution in [0.3, 0.4) is 0 Å². The van der Waals surface area contributed by atoms with Crippen LogP contribution in [0.2, 0.25) is 5.02 Å². The average Bonchev–Trinajstić information content (AvgIpc) is 2.56. The van der Waals surface area contributed by atoms with Gasteiger partial charge in [-0.25, -0.2) is 4.98 Å². The van der Waals surface area contributed by atoms with Crippen molar-refractivity contribution in [2.45, 2.75) is 26.5 Å². The topological polar surface area (TPSA) is 60.5 Å². The molecule has 0 radical (unpaired) electrons. The monoisotopic (exact) mass is 334 g/mol. The van der Waals surface area contributed by atoms with Crippen LogP contribution in [0.4, 0.5) is 0 Å². The van der Waals surface area contributed by atoms with Gasteiger partial charge in [-0.15, -0.1) is 0 Å². The number of hydrogen-bond donors (Lipinski definition) is 1. The molecule has 1 heterocycles. The highest BCUT2D eigenvalue weighted by Gasteiger charge is 2.16. The molecular weight excluding hydrogens is 316 g/mol. The van der Waals surface area contributed by atoms with E-state index in [1.54, 1.807) is 43.5 Å². The van der Waals surface area contributed by atoms with Crippen LogP contribution in [-0.4, -0.2) is 23.6 Å². The van der Waals surface area contributed by atoms with Crippen LogP contribution < -0.4 is 14.8 Å². The summed E-state index contributed by atoms with van der Waals surface area (Å²) in [6.45, 7) is 4.39. The van der Waals surface area contributed by atoms with Gasteiger partial charge in [-0.2, -0.15) is 0 Å². The normalized spacial score (nSPS) is 11.6. The van der Waals surface area contributed by atoms with E-state index in [4.69, 9.17) is 21.1 Å². The molecule has 0 saturated carbocycles. The minimum atomic E-state index is -0.665. The first-order chi connectivity index (χ1) is 11.1. The Morgan fingerprint density at radius 3 is 2.83 bits per heavy atom. The summed E-state index contributed by atoms with van der Waals surface area (Å²) in [6, 6.07) is 10.7. The summed E-state index contributed by atoms with van der Waals surface area (Å²) in [5, 5.41) is 3.28. The fourth-order valence-corrected chi connectivity index (χ4v) is 2.12. The third-order valence-corrected chi connectivity index (χ3v) is 3.41. The predicted octanol–water partition coefficient (Wildman–Crippen LogP) is 3.22. The molecule has 1 atom stereocenters. The van der Waals surface area contributed by atoms with Crippen molar-refractivity contribution in [2.75, 3.05) is 6.61 Å². The summed E-state index contributed by atoms with van der Waals surface area (Å²) < 4.78 is 11.0. The number of amides is 1. The van der Waals surface area contributed by atoms with Gasteiger partial charge in [0.1, 0.15) is 5.75 Å². The Kier molecular flexibility index (Phi) is 6.23. The van der Waals surface area contributed by atoms with Crippen molar-refractivity contribution in [1.29, 1.82) is 0 Å². The SMILES string of the molecule is CCOc1ncccc1CNC(=O)C(C)Oc1ccccc1Cl. The molecule has 1 N–H and O–H groups in total. The summed E-state index contributed by atoms with van der Waals surface area (Å²) in [4.78, 5) is 16.3. The second-order valence-corrected chi connectivity index (χ2v) is 5.22. The summed E-state index contributed by atoms with van der Waals surface area (Å²) in [6.07, 6.45) is 0.988. The van der Waals surface area contributed by atoms with Crippen molar-refractivity contribution in [3.05, 3.63) is 53.2 Å². The van der Waals surface area contributed by atoms with Crippen LogP contribution in [0.15, 0.2) is 42.6 Å². The first kappa shape index (κ1) is 17.1. The molecule has 1 aromatic carbocycles. The van der Waals surface area contributed by atoms with Crippen LogP contribution in [-0.2, 0) is 11.3 Å². The second-order valence-electron chi connectivity index (χ2n) is 4.81. The van der Waals surface area contributed by atoms with E-state index in [2.05, 4.69) is 10.3 Å². The average molecular weight is 335 g/mol. The Balaban J connectivity index is 1.93. The van der Waals surface area contributed by atoms with Crippen LogP contribution in [0.25, 0.3) is 0 Å². The summed E-state index contributed by atoms with van der Waals surface area (Å²) >= 11 is 6.02. The molecule has 0 bridgehead atoms. The first-order valence-corrected chi connectivity index (χ1v) is 7.75. The van der Waals surface area contributed by atoms with Gasteiger partial charge in [0.15, 0.2) is 6.10 Å². The third-order valence-electron chi connectivity index (χ3n) is 3.09. The number of para-hydroxylation sites is 1. The lowest BCUT2D eigenvalue weighted by Gasteiger charge is -2.16. The van der Waals surface area contributed by atoms with Crippen LogP contribution in [0.5, 0.6) is 11.6 Å². The molecule has 0 aliphatic rings. The van der Waals surface area contributed by atoms with E-state index < -0.39 is 6.10 Å². The maximum absolute atomic E-state index is 12.2. The zero-order valence-corrected chi connectivity index (χ0v) is 13.8. The van der Waals surface area contributed by atoms with E-state index >= 15 is 0 Å². The molecule has 5 nitrogen and oxygen atoms in total. The van der Waals surface area contributed by atoms with E-state index in [0.717, 1.165) is 5.56 Å². The zero-order valence-electron chi connectivity index (χ0n) is 13.1. The number of rotatable bonds is 7. The minimum absolute atomic E-state index is 0.240. The van der Waals surface area contributed by atoms with E-state index in [1.807, 2.05) is 13.0 Å². The van der Waals surface area contributed by atoms with Gasteiger partial charge in [-0.05, 0) is 32.0 Å². The quantitative estimate of drug-likeness (QED) is 0.844. The maximum Gasteiger partial charge on any atom is 0.261 e. The number of ether oxygens (including phenoxy) is 2. The highest BCUT2D eigenvalue weighted by molar-refractivity contribution is 6.32. The second kappa shape index (κ2) is 8.39. The molecular formula is C17H19ClN2O3. The first-order valence-electron chi connectivity index (χ1n) is 7.37. The maximum atomic E-state index is 12.2. The van der Waals surface area contributed by atoms with Crippen molar-refractivity contribution in [3.63, 3.8) is 0 Å². The van der Waals surface area contributed by atoms with Gasteiger partial charge in [0.05, 0.1) is 11.6 Å². The van der Waals surface area contributed by atoms with E-state index in [1.165, 1.54) is 0 Å². The van der Waals surface area contributed by atoms with Gasteiger partial charge in [0, 0.05) is 18.3 Å². The Morgan fingerprint density at radius 2 is 2.09 bits per heavy atom. The molecule has 0 fully saturated rings. The van der Waals surface area contributed by atoms with Crippen molar-refractivity contribution >= 4 is 17.5 Å². The number of nitrogens with zero attached hydrogens (tertiary/aromatic N) is 1. The number of pyridine rings is 1. The number of carbonyl (C=O) groups excluding carboxylic acids is 1. The Labute approximate surface area is 140 Å². The van der Waals surface area contributed by atoms with Gasteiger partial charge in [-0.1, -0.05) is 29.8 Å². The van der Waals surface area contributed by atoms with Crippen LogP contribution in [0, 0.1) is 0 Å². The molecule has 122 valence electrons. The summed E-state index contributed by atoms with van der Waals surface area (Å²) in [5.41, 5.74) is 0.813. The molecule has 0 aliphatic carbocycles. The minimum Gasteiger partial charge on any atom is -0.479 e. The van der Waals surface area contributed by atoms with Crippen LogP contribution in [0.1, 0.15) is 19.4 Å². The molecule has 0 aliphatic heterocycles. The predicted molar refractivity (Wildman–Crippen MR) is 88.8 cm³/mol. The van der Waals surface area contributed by atoms with Crippen LogP contribution >= 0.6 is 11.6 Å². The highest BCUT2D eigenvalue weighted by atomic mass is 35.5. The number of nitrogens with one attached hydrogen (secondary N) is 1. The lowest BCUT2D eigenvalue weighted by Crippen LogP contribution is -2.36. The largest absolute Gasteiger partial charge is 0.479 e. The zero-order chi connectivity index (χ0) is 16.7. The number of hydrogen-bond acceptors (Lipinski definition) is 4. The van der Waals surface area contributed by atoms with Crippen molar-refractivity contribution in [2.24, 2.45) is 0 Å². The number of halogens is 1. The molecule has 2 aromatic rings. The fraction of sp³-hybridized carbons (Fsp3) is 0.294. The molecule has 6 heteroatoms. The fourth-order valence-electron chi connectivity index (χ4n) is 1.94. The molecule has 2 rings (SSSR count). The lowest BCUT2D eigenvalue weighted by atomic mass is 10.2. The molecule has 1 amide bonds. The summed E-state index contributed by atoms with van der Waals surface area (Å²) in [5.74, 6) is 0.763. The van der Waals surface area contributed by atoms with Crippen molar-refractivity contribution in [3.8, 4) is 11.6 Å². The number of carbonyl (C=O) groups is 1. The van der Waals surface area contributed by atoms with E-state index in [0.29, 0.717) is 29.8 Å². The van der Waals surface area contributed by atoms with Gasteiger partial charge < -0.3 is 14.8 Å². The molecule has 1 unspecified atom stereocenters. The lowest BCUT2D eigenvalue weighted by molar-refractivity contribution is -0.127. The molecule has 0 spiro atoms. The van der Waals surface area contributed by atoms with E-state index in [-0.39, 0.29) is 5.91 Å². The molecule has 23 heavy (non-hydrogen) atoms. The van der Waals surface area contributed by atoms with Crippen molar-refractivity contribution < 1.29 is 14.3 Å². The Hall–Kier alpha value is -2.27. The molecule has 1 aromatic heterocycles. The molecule has 0 saturated heterocycles. The summed E-state index contributed by atoms with van der Waals surface area (Å²) in [7, 11) is 0.